The molecule has 0 saturated carbocycles. The average Bonchev–Trinajstić information content (AvgIpc) is 2.28. The predicted molar refractivity (Wildman–Crippen MR) is 67.3 cm³/mol. The third kappa shape index (κ3) is 6.25. The van der Waals surface area contributed by atoms with Crippen LogP contribution in [0.1, 0.15) is 12.0 Å². The van der Waals surface area contributed by atoms with Crippen LogP contribution in [0.4, 0.5) is 0 Å². The van der Waals surface area contributed by atoms with Crippen LogP contribution in [0.3, 0.4) is 0 Å². The maximum absolute atomic E-state index is 10.7. The standard InChI is InChI=1S/C11H18N2O3S/c1-16-11-5-3-10(4-6-11)9-13-7-2-8-17(12,14)15/h3-6,13H,2,7-9H2,1H3,(H2,12,14,15). The smallest absolute Gasteiger partial charge is 0.209 e. The Balaban J connectivity index is 2.22. The molecule has 0 heterocycles. The van der Waals surface area contributed by atoms with Gasteiger partial charge in [0, 0.05) is 6.54 Å². The molecule has 1 rings (SSSR count). The van der Waals surface area contributed by atoms with Crippen molar-refractivity contribution >= 4 is 10.0 Å². The minimum Gasteiger partial charge on any atom is -0.497 e. The van der Waals surface area contributed by atoms with Gasteiger partial charge >= 0.3 is 0 Å². The molecule has 0 amide bonds. The van der Waals surface area contributed by atoms with Crippen molar-refractivity contribution in [2.75, 3.05) is 19.4 Å². The number of methoxy groups -OCH3 is 1. The van der Waals surface area contributed by atoms with Crippen LogP contribution in [-0.4, -0.2) is 27.8 Å². The number of benzene rings is 1. The zero-order valence-corrected chi connectivity index (χ0v) is 10.7. The third-order valence-corrected chi connectivity index (χ3v) is 3.13. The van der Waals surface area contributed by atoms with Gasteiger partial charge in [-0.2, -0.15) is 0 Å². The Morgan fingerprint density at radius 3 is 2.47 bits per heavy atom. The van der Waals surface area contributed by atoms with Crippen molar-refractivity contribution in [2.24, 2.45) is 5.14 Å². The van der Waals surface area contributed by atoms with Gasteiger partial charge in [-0.25, -0.2) is 13.6 Å². The zero-order valence-electron chi connectivity index (χ0n) is 9.85. The van der Waals surface area contributed by atoms with Crippen molar-refractivity contribution < 1.29 is 13.2 Å². The van der Waals surface area contributed by atoms with Crippen LogP contribution in [0.15, 0.2) is 24.3 Å². The minimum atomic E-state index is -3.33. The molecule has 5 nitrogen and oxygen atoms in total. The van der Waals surface area contributed by atoms with Crippen LogP contribution in [0.25, 0.3) is 0 Å². The van der Waals surface area contributed by atoms with E-state index in [1.165, 1.54) is 0 Å². The largest absolute Gasteiger partial charge is 0.497 e. The number of primary sulfonamides is 1. The summed E-state index contributed by atoms with van der Waals surface area (Å²) in [6.07, 6.45) is 0.523. The van der Waals surface area contributed by atoms with E-state index in [4.69, 9.17) is 9.88 Å². The van der Waals surface area contributed by atoms with E-state index in [0.717, 1.165) is 11.3 Å². The summed E-state index contributed by atoms with van der Waals surface area (Å²) in [5.74, 6) is 0.839. The highest BCUT2D eigenvalue weighted by atomic mass is 32.2. The molecule has 0 radical (unpaired) electrons. The first-order chi connectivity index (χ1) is 8.01. The molecule has 0 aliphatic carbocycles. The highest BCUT2D eigenvalue weighted by molar-refractivity contribution is 7.89. The SMILES string of the molecule is COc1ccc(CNCCCS(N)(=O)=O)cc1. The topological polar surface area (TPSA) is 81.4 Å². The molecule has 17 heavy (non-hydrogen) atoms. The molecule has 0 aliphatic heterocycles. The van der Waals surface area contributed by atoms with Gasteiger partial charge in [-0.1, -0.05) is 12.1 Å². The Kier molecular flexibility index (Phi) is 5.40. The molecular weight excluding hydrogens is 240 g/mol. The van der Waals surface area contributed by atoms with Gasteiger partial charge in [0.15, 0.2) is 0 Å². The van der Waals surface area contributed by atoms with Crippen molar-refractivity contribution in [2.45, 2.75) is 13.0 Å². The Morgan fingerprint density at radius 1 is 1.29 bits per heavy atom. The fourth-order valence-corrected chi connectivity index (χ4v) is 1.92. The van der Waals surface area contributed by atoms with E-state index in [2.05, 4.69) is 5.32 Å². The van der Waals surface area contributed by atoms with Gasteiger partial charge in [-0.3, -0.25) is 0 Å². The van der Waals surface area contributed by atoms with E-state index in [9.17, 15) is 8.42 Å². The Labute approximate surface area is 102 Å². The molecule has 0 aromatic heterocycles. The maximum atomic E-state index is 10.7. The van der Waals surface area contributed by atoms with E-state index in [1.807, 2.05) is 24.3 Å². The normalized spacial score (nSPS) is 11.4. The summed E-state index contributed by atoms with van der Waals surface area (Å²) in [6.45, 7) is 1.33. The summed E-state index contributed by atoms with van der Waals surface area (Å²) in [5.41, 5.74) is 1.13. The second-order valence-electron chi connectivity index (χ2n) is 3.75. The molecule has 0 unspecified atom stereocenters. The lowest BCUT2D eigenvalue weighted by molar-refractivity contribution is 0.414. The summed E-state index contributed by atoms with van der Waals surface area (Å²) in [4.78, 5) is 0. The quantitative estimate of drug-likeness (QED) is 0.696. The van der Waals surface area contributed by atoms with Crippen LogP contribution < -0.4 is 15.2 Å². The molecular formula is C11H18N2O3S. The Hall–Kier alpha value is -1.11. The number of sulfonamides is 1. The van der Waals surface area contributed by atoms with Gasteiger partial charge in [-0.05, 0) is 30.7 Å². The van der Waals surface area contributed by atoms with Gasteiger partial charge in [-0.15, -0.1) is 0 Å². The molecule has 96 valence electrons. The Bertz CT molecular complexity index is 429. The van der Waals surface area contributed by atoms with Crippen LogP contribution >= 0.6 is 0 Å². The van der Waals surface area contributed by atoms with Crippen molar-refractivity contribution in [3.8, 4) is 5.75 Å². The van der Waals surface area contributed by atoms with E-state index in [0.29, 0.717) is 19.5 Å². The molecule has 6 heteroatoms. The first-order valence-corrected chi connectivity index (χ1v) is 7.07. The number of nitrogens with two attached hydrogens (primary N) is 1. The van der Waals surface area contributed by atoms with Crippen molar-refractivity contribution in [3.63, 3.8) is 0 Å². The lowest BCUT2D eigenvalue weighted by Gasteiger charge is -2.05. The van der Waals surface area contributed by atoms with Crippen LogP contribution in [-0.2, 0) is 16.6 Å². The summed E-state index contributed by atoms with van der Waals surface area (Å²) >= 11 is 0. The zero-order chi connectivity index (χ0) is 12.7. The molecule has 3 N–H and O–H groups in total. The highest BCUT2D eigenvalue weighted by Gasteiger charge is 2.01. The van der Waals surface area contributed by atoms with Crippen molar-refractivity contribution in [3.05, 3.63) is 29.8 Å². The van der Waals surface area contributed by atoms with Crippen LogP contribution in [0, 0.1) is 0 Å². The van der Waals surface area contributed by atoms with E-state index < -0.39 is 10.0 Å². The molecule has 0 fully saturated rings. The first kappa shape index (κ1) is 14.0. The van der Waals surface area contributed by atoms with Gasteiger partial charge in [0.1, 0.15) is 5.75 Å². The second kappa shape index (κ2) is 6.58. The van der Waals surface area contributed by atoms with Gasteiger partial charge < -0.3 is 10.1 Å². The third-order valence-electron chi connectivity index (χ3n) is 2.27. The molecule has 1 aromatic rings. The van der Waals surface area contributed by atoms with Crippen LogP contribution in [0.5, 0.6) is 5.75 Å². The highest BCUT2D eigenvalue weighted by Crippen LogP contribution is 2.10. The summed E-state index contributed by atoms with van der Waals surface area (Å²) in [7, 11) is -1.71. The molecule has 0 bridgehead atoms. The number of nitrogens with one attached hydrogen (secondary N) is 1. The summed E-state index contributed by atoms with van der Waals surface area (Å²) in [6, 6.07) is 7.71. The number of hydrogen-bond donors (Lipinski definition) is 2. The number of ether oxygens (including phenoxy) is 1. The lowest BCUT2D eigenvalue weighted by Crippen LogP contribution is -2.22. The Morgan fingerprint density at radius 2 is 1.94 bits per heavy atom. The second-order valence-corrected chi connectivity index (χ2v) is 5.48. The summed E-state index contributed by atoms with van der Waals surface area (Å²) in [5, 5.41) is 8.04. The molecule has 0 atom stereocenters. The monoisotopic (exact) mass is 258 g/mol. The molecule has 1 aromatic carbocycles. The van der Waals surface area contributed by atoms with E-state index in [1.54, 1.807) is 7.11 Å². The van der Waals surface area contributed by atoms with Gasteiger partial charge in [0.2, 0.25) is 10.0 Å². The first-order valence-electron chi connectivity index (χ1n) is 5.35. The molecule has 0 saturated heterocycles. The molecule has 0 spiro atoms. The van der Waals surface area contributed by atoms with Gasteiger partial charge in [0.25, 0.3) is 0 Å². The predicted octanol–water partition coefficient (Wildman–Crippen LogP) is 0.463. The average molecular weight is 258 g/mol. The number of rotatable bonds is 7. The summed E-state index contributed by atoms with van der Waals surface area (Å²) < 4.78 is 26.4. The van der Waals surface area contributed by atoms with Crippen molar-refractivity contribution in [1.82, 2.24) is 5.32 Å². The maximum Gasteiger partial charge on any atom is 0.209 e. The minimum absolute atomic E-state index is 0.0165. The fourth-order valence-electron chi connectivity index (χ4n) is 1.37. The van der Waals surface area contributed by atoms with E-state index >= 15 is 0 Å². The molecule has 0 aliphatic rings. The van der Waals surface area contributed by atoms with E-state index in [-0.39, 0.29) is 5.75 Å². The fraction of sp³-hybridized carbons (Fsp3) is 0.455. The van der Waals surface area contributed by atoms with Crippen LogP contribution in [0.2, 0.25) is 0 Å². The van der Waals surface area contributed by atoms with Gasteiger partial charge in [0.05, 0.1) is 12.9 Å². The number of hydrogen-bond acceptors (Lipinski definition) is 4. The lowest BCUT2D eigenvalue weighted by atomic mass is 10.2. The van der Waals surface area contributed by atoms with Crippen molar-refractivity contribution in [1.29, 1.82) is 0 Å².